The minimum absolute atomic E-state index is 0. The molecule has 1 rings (SSSR count). The van der Waals surface area contributed by atoms with Crippen molar-refractivity contribution in [2.24, 2.45) is 0 Å². The van der Waals surface area contributed by atoms with E-state index >= 15 is 0 Å². The van der Waals surface area contributed by atoms with E-state index in [1.165, 1.54) is 0 Å². The van der Waals surface area contributed by atoms with Crippen LogP contribution in [-0.4, -0.2) is 5.97 Å². The highest BCUT2D eigenvalue weighted by molar-refractivity contribution is 5.85. The Morgan fingerprint density at radius 3 is 2.79 bits per heavy atom. The fourth-order valence-electron chi connectivity index (χ4n) is 0.965. The molecule has 78 valence electrons. The van der Waals surface area contributed by atoms with Crippen molar-refractivity contribution in [2.75, 3.05) is 5.73 Å². The fourth-order valence-corrected chi connectivity index (χ4v) is 0.965. The van der Waals surface area contributed by atoms with Crippen LogP contribution in [-0.2, 0) is 4.79 Å². The van der Waals surface area contributed by atoms with E-state index in [0.717, 1.165) is 6.42 Å². The summed E-state index contributed by atoms with van der Waals surface area (Å²) in [5.41, 5.74) is 6.12. The number of halogens is 1. The van der Waals surface area contributed by atoms with E-state index in [0.29, 0.717) is 17.9 Å². The number of hydrogen-bond donors (Lipinski definition) is 1. The molecule has 0 fully saturated rings. The molecule has 0 bridgehead atoms. The van der Waals surface area contributed by atoms with Crippen molar-refractivity contribution in [1.29, 1.82) is 0 Å². The second-order valence-corrected chi connectivity index (χ2v) is 2.80. The number of carbonyl (C=O) groups is 1. The van der Waals surface area contributed by atoms with Gasteiger partial charge in [0.25, 0.3) is 0 Å². The normalized spacial score (nSPS) is 8.93. The lowest BCUT2D eigenvalue weighted by atomic mass is 10.3. The summed E-state index contributed by atoms with van der Waals surface area (Å²) in [6, 6.07) is 6.85. The van der Waals surface area contributed by atoms with E-state index < -0.39 is 0 Å². The van der Waals surface area contributed by atoms with Crippen molar-refractivity contribution >= 4 is 24.1 Å². The van der Waals surface area contributed by atoms with Crippen LogP contribution in [0.2, 0.25) is 0 Å². The zero-order valence-corrected chi connectivity index (χ0v) is 8.84. The molecule has 14 heavy (non-hydrogen) atoms. The van der Waals surface area contributed by atoms with Crippen LogP contribution in [0.1, 0.15) is 19.8 Å². The third-order valence-corrected chi connectivity index (χ3v) is 1.54. The third-order valence-electron chi connectivity index (χ3n) is 1.54. The summed E-state index contributed by atoms with van der Waals surface area (Å²) in [5.74, 6) is 0.298. The van der Waals surface area contributed by atoms with Crippen LogP contribution >= 0.6 is 12.4 Å². The van der Waals surface area contributed by atoms with E-state index in [4.69, 9.17) is 10.5 Å². The molecule has 0 heterocycles. The summed E-state index contributed by atoms with van der Waals surface area (Å²) in [5, 5.41) is 0. The van der Waals surface area contributed by atoms with Crippen LogP contribution in [0, 0.1) is 0 Å². The largest absolute Gasteiger partial charge is 0.426 e. The van der Waals surface area contributed by atoms with Gasteiger partial charge in [0.1, 0.15) is 5.75 Å². The van der Waals surface area contributed by atoms with Gasteiger partial charge in [-0.2, -0.15) is 0 Å². The first-order valence-corrected chi connectivity index (χ1v) is 4.28. The molecule has 3 nitrogen and oxygen atoms in total. The van der Waals surface area contributed by atoms with Crippen molar-refractivity contribution in [3.63, 3.8) is 0 Å². The Kier molecular flexibility index (Phi) is 5.72. The molecule has 0 atom stereocenters. The molecule has 0 unspecified atom stereocenters. The van der Waals surface area contributed by atoms with E-state index in [-0.39, 0.29) is 18.4 Å². The quantitative estimate of drug-likeness (QED) is 0.479. The second-order valence-electron chi connectivity index (χ2n) is 2.80. The standard InChI is InChI=1S/C10H13NO2.ClH/c1-2-4-10(12)13-9-6-3-5-8(11)7-9;/h3,5-7H,2,4,11H2,1H3;1H. The summed E-state index contributed by atoms with van der Waals surface area (Å²) < 4.78 is 5.02. The summed E-state index contributed by atoms with van der Waals surface area (Å²) >= 11 is 0. The van der Waals surface area contributed by atoms with Gasteiger partial charge in [-0.15, -0.1) is 12.4 Å². The van der Waals surface area contributed by atoms with Crippen molar-refractivity contribution in [2.45, 2.75) is 19.8 Å². The van der Waals surface area contributed by atoms with Crippen molar-refractivity contribution in [3.8, 4) is 5.75 Å². The van der Waals surface area contributed by atoms with Gasteiger partial charge >= 0.3 is 5.97 Å². The van der Waals surface area contributed by atoms with Gasteiger partial charge in [0.05, 0.1) is 0 Å². The van der Waals surface area contributed by atoms with Gasteiger partial charge in [-0.05, 0) is 18.6 Å². The Hall–Kier alpha value is -1.22. The lowest BCUT2D eigenvalue weighted by molar-refractivity contribution is -0.134. The highest BCUT2D eigenvalue weighted by Gasteiger charge is 2.02. The average molecular weight is 216 g/mol. The molecule has 0 aromatic heterocycles. The fraction of sp³-hybridized carbons (Fsp3) is 0.300. The van der Waals surface area contributed by atoms with Crippen molar-refractivity contribution in [1.82, 2.24) is 0 Å². The SMILES string of the molecule is CCCC(=O)Oc1cccc(N)c1.Cl. The lowest BCUT2D eigenvalue weighted by Crippen LogP contribution is -2.06. The Bertz CT molecular complexity index is 302. The molecule has 0 amide bonds. The van der Waals surface area contributed by atoms with Crippen molar-refractivity contribution in [3.05, 3.63) is 24.3 Å². The molecule has 0 saturated heterocycles. The van der Waals surface area contributed by atoms with Crippen LogP contribution in [0.4, 0.5) is 5.69 Å². The minimum Gasteiger partial charge on any atom is -0.426 e. The number of esters is 1. The van der Waals surface area contributed by atoms with Gasteiger partial charge in [-0.1, -0.05) is 13.0 Å². The molecule has 4 heteroatoms. The number of anilines is 1. The first kappa shape index (κ1) is 12.8. The maximum atomic E-state index is 11.1. The summed E-state index contributed by atoms with van der Waals surface area (Å²) in [6.45, 7) is 1.93. The second kappa shape index (κ2) is 6.27. The van der Waals surface area contributed by atoms with Crippen molar-refractivity contribution < 1.29 is 9.53 Å². The molecule has 0 aliphatic rings. The first-order chi connectivity index (χ1) is 6.22. The van der Waals surface area contributed by atoms with Crippen LogP contribution in [0.25, 0.3) is 0 Å². The predicted molar refractivity (Wildman–Crippen MR) is 58.6 cm³/mol. The number of ether oxygens (including phenoxy) is 1. The Labute approximate surface area is 89.7 Å². The summed E-state index contributed by atoms with van der Waals surface area (Å²) in [4.78, 5) is 11.1. The maximum absolute atomic E-state index is 11.1. The van der Waals surface area contributed by atoms with Gasteiger partial charge in [-0.3, -0.25) is 4.79 Å². The zero-order valence-electron chi connectivity index (χ0n) is 8.03. The van der Waals surface area contributed by atoms with Crippen LogP contribution in [0.3, 0.4) is 0 Å². The van der Waals surface area contributed by atoms with E-state index in [1.807, 2.05) is 6.92 Å². The Morgan fingerprint density at radius 1 is 1.50 bits per heavy atom. The van der Waals surface area contributed by atoms with Gasteiger partial charge in [0.2, 0.25) is 0 Å². The molecule has 1 aromatic rings. The smallest absolute Gasteiger partial charge is 0.311 e. The monoisotopic (exact) mass is 215 g/mol. The van der Waals surface area contributed by atoms with Gasteiger partial charge in [0.15, 0.2) is 0 Å². The van der Waals surface area contributed by atoms with E-state index in [2.05, 4.69) is 0 Å². The number of nitrogens with two attached hydrogens (primary N) is 1. The van der Waals surface area contributed by atoms with E-state index in [1.54, 1.807) is 24.3 Å². The number of carbonyl (C=O) groups excluding carboxylic acids is 1. The molecule has 0 saturated carbocycles. The number of rotatable bonds is 3. The number of nitrogen functional groups attached to an aromatic ring is 1. The van der Waals surface area contributed by atoms with Crippen LogP contribution in [0.5, 0.6) is 5.75 Å². The Morgan fingerprint density at radius 2 is 2.21 bits per heavy atom. The molecular weight excluding hydrogens is 202 g/mol. The summed E-state index contributed by atoms with van der Waals surface area (Å²) in [7, 11) is 0. The lowest BCUT2D eigenvalue weighted by Gasteiger charge is -2.03. The number of hydrogen-bond acceptors (Lipinski definition) is 3. The van der Waals surface area contributed by atoms with Gasteiger partial charge in [-0.25, -0.2) is 0 Å². The zero-order chi connectivity index (χ0) is 9.68. The summed E-state index contributed by atoms with van der Waals surface area (Å²) in [6.07, 6.45) is 1.23. The van der Waals surface area contributed by atoms with Gasteiger partial charge in [0, 0.05) is 18.2 Å². The topological polar surface area (TPSA) is 52.3 Å². The molecule has 0 spiro atoms. The average Bonchev–Trinajstić information content (AvgIpc) is 2.04. The molecular formula is C10H14ClNO2. The van der Waals surface area contributed by atoms with Gasteiger partial charge < -0.3 is 10.5 Å². The van der Waals surface area contributed by atoms with Crippen LogP contribution in [0.15, 0.2) is 24.3 Å². The highest BCUT2D eigenvalue weighted by atomic mass is 35.5. The Balaban J connectivity index is 0.00000169. The highest BCUT2D eigenvalue weighted by Crippen LogP contribution is 2.14. The van der Waals surface area contributed by atoms with Crippen LogP contribution < -0.4 is 10.5 Å². The maximum Gasteiger partial charge on any atom is 0.311 e. The molecule has 0 radical (unpaired) electrons. The minimum atomic E-state index is -0.215. The molecule has 1 aromatic carbocycles. The number of benzene rings is 1. The first-order valence-electron chi connectivity index (χ1n) is 4.28. The van der Waals surface area contributed by atoms with E-state index in [9.17, 15) is 4.79 Å². The molecule has 2 N–H and O–H groups in total. The molecule has 0 aliphatic carbocycles. The third kappa shape index (κ3) is 4.14. The molecule has 0 aliphatic heterocycles. The predicted octanol–water partition coefficient (Wildman–Crippen LogP) is 2.40.